The summed E-state index contributed by atoms with van der Waals surface area (Å²) in [7, 11) is -0.107. The molecule has 124 valence electrons. The zero-order valence-corrected chi connectivity index (χ0v) is 16.0. The Morgan fingerprint density at radius 2 is 1.76 bits per heavy atom. The summed E-state index contributed by atoms with van der Waals surface area (Å²) in [5.74, 6) is 0.381. The number of hydrogen-bond donors (Lipinski definition) is 0. The van der Waals surface area contributed by atoms with Gasteiger partial charge in [-0.05, 0) is 38.4 Å². The van der Waals surface area contributed by atoms with Crippen LogP contribution in [0, 0.1) is 0 Å². The maximum absolute atomic E-state index is 11.7. The van der Waals surface area contributed by atoms with E-state index in [0.29, 0.717) is 31.0 Å². The fourth-order valence-corrected chi connectivity index (χ4v) is 2.66. The Morgan fingerprint density at radius 1 is 1.19 bits per heavy atom. The molecule has 4 nitrogen and oxygen atoms in total. The number of carbonyl (C=O) groups is 1. The van der Waals surface area contributed by atoms with Crippen LogP contribution in [0.1, 0.15) is 47.5 Å². The summed E-state index contributed by atoms with van der Waals surface area (Å²) in [6.45, 7) is 15.8. The van der Waals surface area contributed by atoms with Crippen molar-refractivity contribution in [2.75, 3.05) is 20.3 Å². The minimum absolute atomic E-state index is 0.216. The molecule has 0 aromatic carbocycles. The van der Waals surface area contributed by atoms with Gasteiger partial charge in [-0.15, -0.1) is 0 Å². The highest BCUT2D eigenvalue weighted by Gasteiger charge is 2.36. The lowest BCUT2D eigenvalue weighted by molar-refractivity contribution is -0.138. The van der Waals surface area contributed by atoms with E-state index in [9.17, 15) is 4.79 Å². The van der Waals surface area contributed by atoms with Crippen molar-refractivity contribution < 1.29 is 18.7 Å². The highest BCUT2D eigenvalue weighted by atomic mass is 28.4. The third kappa shape index (κ3) is 6.65. The van der Waals surface area contributed by atoms with E-state index >= 15 is 0 Å². The van der Waals surface area contributed by atoms with Gasteiger partial charge in [0.2, 0.25) is 0 Å². The number of hydrogen-bond acceptors (Lipinski definition) is 4. The molecular formula is C16H32O4Si. The maximum atomic E-state index is 11.7. The van der Waals surface area contributed by atoms with E-state index in [1.165, 1.54) is 0 Å². The van der Waals surface area contributed by atoms with Crippen LogP contribution in [0.2, 0.25) is 18.1 Å². The molecule has 5 heteroatoms. The van der Waals surface area contributed by atoms with Gasteiger partial charge in [0.1, 0.15) is 5.76 Å². The van der Waals surface area contributed by atoms with Crippen LogP contribution in [-0.2, 0) is 18.7 Å². The molecule has 0 aromatic heterocycles. The summed E-state index contributed by atoms with van der Waals surface area (Å²) in [6, 6.07) is 0. The molecule has 0 amide bonds. The fraction of sp³-hybridized carbons (Fsp3) is 0.812. The molecular weight excluding hydrogens is 284 g/mol. The lowest BCUT2D eigenvalue weighted by Crippen LogP contribution is -2.40. The average Bonchev–Trinajstić information content (AvgIpc) is 2.37. The molecule has 0 saturated carbocycles. The SMILES string of the molecule is CCOC(=O)/C(C)=C(\CCCO[Si](C)(C)C(C)(C)C)OC. The van der Waals surface area contributed by atoms with Crippen molar-refractivity contribution >= 4 is 14.3 Å². The van der Waals surface area contributed by atoms with Gasteiger partial charge in [0.25, 0.3) is 0 Å². The summed E-state index contributed by atoms with van der Waals surface area (Å²) in [4.78, 5) is 11.7. The summed E-state index contributed by atoms with van der Waals surface area (Å²) >= 11 is 0. The van der Waals surface area contributed by atoms with Crippen LogP contribution in [0.3, 0.4) is 0 Å². The largest absolute Gasteiger partial charge is 0.501 e. The van der Waals surface area contributed by atoms with Crippen molar-refractivity contribution in [2.45, 2.75) is 65.6 Å². The molecule has 0 spiro atoms. The molecule has 0 fully saturated rings. The second-order valence-electron chi connectivity index (χ2n) is 6.69. The molecule has 0 saturated heterocycles. The summed E-state index contributed by atoms with van der Waals surface area (Å²) < 4.78 is 16.4. The molecule has 0 unspecified atom stereocenters. The Balaban J connectivity index is 4.44. The van der Waals surface area contributed by atoms with E-state index in [-0.39, 0.29) is 11.0 Å². The monoisotopic (exact) mass is 316 g/mol. The fourth-order valence-electron chi connectivity index (χ4n) is 1.57. The van der Waals surface area contributed by atoms with Gasteiger partial charge in [-0.2, -0.15) is 0 Å². The van der Waals surface area contributed by atoms with Crippen LogP contribution < -0.4 is 0 Å². The minimum atomic E-state index is -1.70. The summed E-state index contributed by atoms with van der Waals surface area (Å²) in [5.41, 5.74) is 0.548. The van der Waals surface area contributed by atoms with Crippen molar-refractivity contribution in [1.29, 1.82) is 0 Å². The van der Waals surface area contributed by atoms with E-state index < -0.39 is 8.32 Å². The van der Waals surface area contributed by atoms with Crippen molar-refractivity contribution in [3.8, 4) is 0 Å². The van der Waals surface area contributed by atoms with E-state index in [1.807, 2.05) is 0 Å². The molecule has 0 aliphatic carbocycles. The number of rotatable bonds is 8. The molecule has 0 rings (SSSR count). The molecule has 0 radical (unpaired) electrons. The number of methoxy groups -OCH3 is 1. The van der Waals surface area contributed by atoms with Crippen LogP contribution in [0.5, 0.6) is 0 Å². The van der Waals surface area contributed by atoms with Gasteiger partial charge >= 0.3 is 5.97 Å². The molecule has 0 aromatic rings. The Labute approximate surface area is 131 Å². The van der Waals surface area contributed by atoms with Crippen LogP contribution >= 0.6 is 0 Å². The molecule has 0 aliphatic heterocycles. The van der Waals surface area contributed by atoms with Crippen molar-refractivity contribution in [3.05, 3.63) is 11.3 Å². The third-order valence-corrected chi connectivity index (χ3v) is 8.60. The van der Waals surface area contributed by atoms with Crippen LogP contribution in [0.25, 0.3) is 0 Å². The molecule has 21 heavy (non-hydrogen) atoms. The first-order chi connectivity index (χ1) is 9.56. The summed E-state index contributed by atoms with van der Waals surface area (Å²) in [6.07, 6.45) is 1.53. The zero-order chi connectivity index (χ0) is 16.7. The van der Waals surface area contributed by atoms with Crippen LogP contribution in [0.4, 0.5) is 0 Å². The van der Waals surface area contributed by atoms with E-state index in [4.69, 9.17) is 13.9 Å². The molecule has 0 bridgehead atoms. The van der Waals surface area contributed by atoms with Gasteiger partial charge < -0.3 is 13.9 Å². The van der Waals surface area contributed by atoms with E-state index in [2.05, 4.69) is 33.9 Å². The Morgan fingerprint density at radius 3 is 2.19 bits per heavy atom. The number of allylic oxidation sites excluding steroid dienone is 1. The first-order valence-electron chi connectivity index (χ1n) is 7.61. The average molecular weight is 317 g/mol. The highest BCUT2D eigenvalue weighted by Crippen LogP contribution is 2.36. The second kappa shape index (κ2) is 8.59. The normalized spacial score (nSPS) is 13.7. The molecule has 0 heterocycles. The van der Waals surface area contributed by atoms with Crippen molar-refractivity contribution in [2.24, 2.45) is 0 Å². The smallest absolute Gasteiger partial charge is 0.337 e. The van der Waals surface area contributed by atoms with Crippen LogP contribution in [0.15, 0.2) is 11.3 Å². The Hall–Kier alpha value is -0.813. The number of ether oxygens (including phenoxy) is 2. The number of esters is 1. The van der Waals surface area contributed by atoms with Gasteiger partial charge in [0.15, 0.2) is 8.32 Å². The lowest BCUT2D eigenvalue weighted by Gasteiger charge is -2.36. The topological polar surface area (TPSA) is 44.8 Å². The van der Waals surface area contributed by atoms with Gasteiger partial charge in [-0.25, -0.2) is 4.79 Å². The van der Waals surface area contributed by atoms with Crippen molar-refractivity contribution in [3.63, 3.8) is 0 Å². The predicted molar refractivity (Wildman–Crippen MR) is 88.7 cm³/mol. The molecule has 0 aliphatic rings. The third-order valence-electron chi connectivity index (χ3n) is 4.06. The summed E-state index contributed by atoms with van der Waals surface area (Å²) in [5, 5.41) is 0.216. The predicted octanol–water partition coefficient (Wildman–Crippen LogP) is 4.27. The molecule has 0 atom stereocenters. The van der Waals surface area contributed by atoms with Crippen molar-refractivity contribution in [1.82, 2.24) is 0 Å². The van der Waals surface area contributed by atoms with E-state index in [1.54, 1.807) is 21.0 Å². The zero-order valence-electron chi connectivity index (χ0n) is 15.0. The second-order valence-corrected chi connectivity index (χ2v) is 11.5. The quantitative estimate of drug-likeness (QED) is 0.220. The maximum Gasteiger partial charge on any atom is 0.337 e. The first kappa shape index (κ1) is 20.2. The Bertz CT molecular complexity index is 367. The number of carbonyl (C=O) groups excluding carboxylic acids is 1. The standard InChI is InChI=1S/C16H32O4Si/c1-9-19-15(17)13(2)14(18-6)11-10-12-20-21(7,8)16(3,4)5/h9-12H2,1-8H3/b14-13+. The minimum Gasteiger partial charge on any atom is -0.501 e. The van der Waals surface area contributed by atoms with Gasteiger partial charge in [0.05, 0.1) is 19.3 Å². The molecule has 0 N–H and O–H groups in total. The van der Waals surface area contributed by atoms with Gasteiger partial charge in [0, 0.05) is 13.0 Å². The van der Waals surface area contributed by atoms with E-state index in [0.717, 1.165) is 6.42 Å². The van der Waals surface area contributed by atoms with Gasteiger partial charge in [-0.3, -0.25) is 0 Å². The Kier molecular flexibility index (Phi) is 8.25. The first-order valence-corrected chi connectivity index (χ1v) is 10.5. The highest BCUT2D eigenvalue weighted by molar-refractivity contribution is 6.74. The lowest BCUT2D eigenvalue weighted by atomic mass is 10.2. The van der Waals surface area contributed by atoms with Crippen LogP contribution in [-0.4, -0.2) is 34.6 Å². The van der Waals surface area contributed by atoms with Gasteiger partial charge in [-0.1, -0.05) is 20.8 Å².